The van der Waals surface area contributed by atoms with E-state index in [-0.39, 0.29) is 16.8 Å². The van der Waals surface area contributed by atoms with Crippen molar-refractivity contribution >= 4 is 33.9 Å². The van der Waals surface area contributed by atoms with Crippen LogP contribution in [0.5, 0.6) is 0 Å². The van der Waals surface area contributed by atoms with Gasteiger partial charge in [0.2, 0.25) is 0 Å². The van der Waals surface area contributed by atoms with Gasteiger partial charge in [-0.25, -0.2) is 4.98 Å². The standard InChI is InChI=1S/C7H13N2O2.C7H6N2.C4H8N2O2.Co/c1-4-5-11-9-7(3)6(2)8-10;1-2-4-7-6(3-1)8-5-9-7;1-3(5-7)4(2)6-8;/h10H,1,4-5H2,2-3H3;1-5H,(H,8,9);7-8H,1-2H3;/q-1;;;+2. The van der Waals surface area contributed by atoms with Crippen molar-refractivity contribution in [1.82, 2.24) is 9.97 Å². The van der Waals surface area contributed by atoms with Crippen molar-refractivity contribution in [2.75, 3.05) is 6.61 Å². The molecule has 29 heavy (non-hydrogen) atoms. The van der Waals surface area contributed by atoms with Crippen molar-refractivity contribution in [2.45, 2.75) is 34.1 Å². The van der Waals surface area contributed by atoms with Gasteiger partial charge in [0.15, 0.2) is 0 Å². The number of benzene rings is 1. The van der Waals surface area contributed by atoms with E-state index in [1.165, 1.54) is 13.8 Å². The van der Waals surface area contributed by atoms with Crippen molar-refractivity contribution in [3.63, 3.8) is 0 Å². The van der Waals surface area contributed by atoms with Gasteiger partial charge in [-0.1, -0.05) is 32.8 Å². The topological polar surface area (TPSA) is 148 Å². The SMILES string of the molecule is CC(=NO)C(C)=NO.[CH2-]CCON=C(C)C(C)=NO.[Co+2].c1ccc2[nH]cnc2c1. The van der Waals surface area contributed by atoms with Gasteiger partial charge in [-0.05, 0) is 39.8 Å². The van der Waals surface area contributed by atoms with Gasteiger partial charge in [-0.2, -0.15) is 0 Å². The zero-order valence-corrected chi connectivity index (χ0v) is 17.9. The molecule has 161 valence electrons. The van der Waals surface area contributed by atoms with Gasteiger partial charge in [0, 0.05) is 0 Å². The van der Waals surface area contributed by atoms with E-state index in [2.05, 4.69) is 37.5 Å². The average molecular weight is 450 g/mol. The van der Waals surface area contributed by atoms with Gasteiger partial charge >= 0.3 is 16.8 Å². The number of hydrogen-bond acceptors (Lipinski definition) is 9. The van der Waals surface area contributed by atoms with Crippen molar-refractivity contribution in [2.24, 2.45) is 20.6 Å². The van der Waals surface area contributed by atoms with E-state index < -0.39 is 0 Å². The van der Waals surface area contributed by atoms with Crippen LogP contribution in [-0.2, 0) is 21.6 Å². The minimum absolute atomic E-state index is 0. The summed E-state index contributed by atoms with van der Waals surface area (Å²) in [5.74, 6) is 0. The number of fused-ring (bicyclic) bond motifs is 1. The van der Waals surface area contributed by atoms with Crippen molar-refractivity contribution < 1.29 is 37.2 Å². The van der Waals surface area contributed by atoms with Crippen LogP contribution in [0.2, 0.25) is 0 Å². The number of oxime groups is 4. The number of rotatable bonds is 5. The molecule has 1 heterocycles. The molecule has 0 aliphatic heterocycles. The second-order valence-electron chi connectivity index (χ2n) is 5.34. The summed E-state index contributed by atoms with van der Waals surface area (Å²) in [5.41, 5.74) is 3.77. The third-order valence-electron chi connectivity index (χ3n) is 3.26. The predicted octanol–water partition coefficient (Wildman–Crippen LogP) is 3.70. The molecule has 0 amide bonds. The second kappa shape index (κ2) is 17.2. The molecule has 11 heteroatoms. The number of aromatic nitrogens is 2. The molecule has 0 bridgehead atoms. The Morgan fingerprint density at radius 2 is 1.48 bits per heavy atom. The fourth-order valence-electron chi connectivity index (χ4n) is 1.37. The van der Waals surface area contributed by atoms with Gasteiger partial charge in [-0.15, -0.1) is 6.42 Å². The molecule has 0 spiro atoms. The van der Waals surface area contributed by atoms with E-state index in [9.17, 15) is 0 Å². The minimum atomic E-state index is 0. The van der Waals surface area contributed by atoms with Gasteiger partial charge < -0.3 is 32.4 Å². The van der Waals surface area contributed by atoms with E-state index in [0.29, 0.717) is 35.9 Å². The molecule has 0 aliphatic carbocycles. The maximum atomic E-state index is 8.30. The molecule has 0 unspecified atom stereocenters. The maximum Gasteiger partial charge on any atom is 2.00 e. The van der Waals surface area contributed by atoms with Crippen LogP contribution in [0.3, 0.4) is 0 Å². The number of H-pyrrole nitrogens is 1. The average Bonchev–Trinajstić information content (AvgIpc) is 3.21. The Labute approximate surface area is 180 Å². The second-order valence-corrected chi connectivity index (χ2v) is 5.34. The molecular formula is C18H27CoN6O4+. The van der Waals surface area contributed by atoms with Crippen LogP contribution in [0, 0.1) is 6.92 Å². The minimum Gasteiger partial charge on any atom is -0.411 e. The summed E-state index contributed by atoms with van der Waals surface area (Å²) < 4.78 is 0. The fourth-order valence-corrected chi connectivity index (χ4v) is 1.37. The summed E-state index contributed by atoms with van der Waals surface area (Å²) in [6.07, 6.45) is 2.37. The summed E-state index contributed by atoms with van der Waals surface area (Å²) in [4.78, 5) is 11.9. The van der Waals surface area contributed by atoms with Gasteiger partial charge in [0.1, 0.15) is 22.8 Å². The predicted molar refractivity (Wildman–Crippen MR) is 110 cm³/mol. The molecule has 1 aromatic heterocycles. The molecule has 0 aliphatic rings. The third-order valence-corrected chi connectivity index (χ3v) is 3.26. The number of nitrogens with zero attached hydrogens (tertiary/aromatic N) is 5. The molecule has 0 fully saturated rings. The van der Waals surface area contributed by atoms with E-state index in [4.69, 9.17) is 20.5 Å². The molecule has 2 aromatic rings. The van der Waals surface area contributed by atoms with E-state index in [1.807, 2.05) is 24.3 Å². The number of para-hydroxylation sites is 2. The monoisotopic (exact) mass is 450 g/mol. The Bertz CT molecular complexity index is 771. The Morgan fingerprint density at radius 1 is 0.966 bits per heavy atom. The molecule has 10 nitrogen and oxygen atoms in total. The van der Waals surface area contributed by atoms with Crippen LogP contribution < -0.4 is 0 Å². The summed E-state index contributed by atoms with van der Waals surface area (Å²) in [7, 11) is 0. The molecular weight excluding hydrogens is 423 g/mol. The zero-order valence-electron chi connectivity index (χ0n) is 16.8. The third kappa shape index (κ3) is 12.2. The molecule has 1 radical (unpaired) electrons. The maximum absolute atomic E-state index is 8.30. The van der Waals surface area contributed by atoms with E-state index in [1.54, 1.807) is 20.2 Å². The number of hydrogen-bond donors (Lipinski definition) is 4. The first-order valence-electron chi connectivity index (χ1n) is 8.31. The van der Waals surface area contributed by atoms with Gasteiger partial charge in [0.05, 0.1) is 24.0 Å². The van der Waals surface area contributed by atoms with Crippen molar-refractivity contribution in [3.8, 4) is 0 Å². The number of aromatic amines is 1. The van der Waals surface area contributed by atoms with E-state index in [0.717, 1.165) is 11.0 Å². The number of imidazole rings is 1. The van der Waals surface area contributed by atoms with Crippen LogP contribution >= 0.6 is 0 Å². The molecule has 0 saturated carbocycles. The van der Waals surface area contributed by atoms with E-state index >= 15 is 0 Å². The molecule has 4 N–H and O–H groups in total. The normalized spacial score (nSPS) is 12.2. The van der Waals surface area contributed by atoms with Crippen LogP contribution in [0.4, 0.5) is 0 Å². The first-order chi connectivity index (χ1) is 13.4. The largest absolute Gasteiger partial charge is 2.00 e. The molecule has 2 rings (SSSR count). The van der Waals surface area contributed by atoms with Crippen molar-refractivity contribution in [3.05, 3.63) is 37.5 Å². The Morgan fingerprint density at radius 3 is 1.97 bits per heavy atom. The quantitative estimate of drug-likeness (QED) is 0.180. The molecule has 0 atom stereocenters. The molecule has 0 saturated heterocycles. The number of nitrogens with one attached hydrogen (secondary N) is 1. The summed E-state index contributed by atoms with van der Waals surface area (Å²) in [5, 5.41) is 36.6. The Balaban J connectivity index is 0. The van der Waals surface area contributed by atoms with Crippen LogP contribution in [0.15, 0.2) is 51.2 Å². The fraction of sp³-hybridized carbons (Fsp3) is 0.333. The zero-order chi connectivity index (χ0) is 21.4. The van der Waals surface area contributed by atoms with Gasteiger partial charge in [-0.3, -0.25) is 0 Å². The first kappa shape index (κ1) is 28.3. The van der Waals surface area contributed by atoms with Crippen LogP contribution in [0.1, 0.15) is 34.1 Å². The Kier molecular flexibility index (Phi) is 16.8. The van der Waals surface area contributed by atoms with Crippen LogP contribution in [0.25, 0.3) is 11.0 Å². The summed E-state index contributed by atoms with van der Waals surface area (Å²) in [6, 6.07) is 7.94. The molecule has 1 aromatic carbocycles. The smallest absolute Gasteiger partial charge is 0.411 e. The summed E-state index contributed by atoms with van der Waals surface area (Å²) in [6.45, 7) is 10.5. The Hall–Kier alpha value is -2.92. The van der Waals surface area contributed by atoms with Gasteiger partial charge in [0.25, 0.3) is 0 Å². The summed E-state index contributed by atoms with van der Waals surface area (Å²) >= 11 is 0. The van der Waals surface area contributed by atoms with Crippen molar-refractivity contribution in [1.29, 1.82) is 0 Å². The first-order valence-corrected chi connectivity index (χ1v) is 8.31. The van der Waals surface area contributed by atoms with Crippen LogP contribution in [-0.4, -0.2) is 55.0 Å².